The fourth-order valence-corrected chi connectivity index (χ4v) is 2.52. The van der Waals surface area contributed by atoms with Crippen LogP contribution in [0.15, 0.2) is 48.5 Å². The molecular formula is C19H23NO2. The molecule has 2 rings (SSSR count). The molecule has 0 N–H and O–H groups in total. The Morgan fingerprint density at radius 2 is 1.91 bits per heavy atom. The molecule has 2 aromatic rings. The smallest absolute Gasteiger partial charge is 0.231 e. The van der Waals surface area contributed by atoms with Crippen LogP contribution in [0.5, 0.6) is 5.75 Å². The van der Waals surface area contributed by atoms with Crippen molar-refractivity contribution < 1.29 is 9.53 Å². The van der Waals surface area contributed by atoms with E-state index in [1.807, 2.05) is 54.3 Å². The Hall–Kier alpha value is -2.29. The predicted octanol–water partition coefficient (Wildman–Crippen LogP) is 3.99. The van der Waals surface area contributed by atoms with Crippen LogP contribution in [0.4, 0.5) is 5.69 Å². The first-order valence-corrected chi connectivity index (χ1v) is 7.64. The number of benzene rings is 2. The van der Waals surface area contributed by atoms with E-state index in [2.05, 4.69) is 13.0 Å². The zero-order valence-electron chi connectivity index (χ0n) is 13.5. The summed E-state index contributed by atoms with van der Waals surface area (Å²) < 4.78 is 5.34. The molecule has 0 bridgehead atoms. The van der Waals surface area contributed by atoms with Crippen LogP contribution in [0.2, 0.25) is 0 Å². The molecule has 1 amide bonds. The van der Waals surface area contributed by atoms with Crippen molar-refractivity contribution in [1.29, 1.82) is 0 Å². The lowest BCUT2D eigenvalue weighted by Gasteiger charge is -2.23. The summed E-state index contributed by atoms with van der Waals surface area (Å²) >= 11 is 0. The molecule has 0 spiro atoms. The van der Waals surface area contributed by atoms with Crippen molar-refractivity contribution in [3.8, 4) is 5.75 Å². The lowest BCUT2D eigenvalue weighted by atomic mass is 10.1. The first-order valence-electron chi connectivity index (χ1n) is 7.64. The van der Waals surface area contributed by atoms with Gasteiger partial charge in [-0.15, -0.1) is 0 Å². The maximum atomic E-state index is 12.8. The summed E-state index contributed by atoms with van der Waals surface area (Å²) in [4.78, 5) is 14.6. The van der Waals surface area contributed by atoms with E-state index in [-0.39, 0.29) is 5.91 Å². The standard InChI is InChI=1S/C19H23NO2/c1-4-12-20(17-10-7-8-15(2)13-17)19(21)14-16-9-5-6-11-18(16)22-3/h5-11,13H,4,12,14H2,1-3H3. The third kappa shape index (κ3) is 3.88. The molecule has 0 radical (unpaired) electrons. The van der Waals surface area contributed by atoms with Gasteiger partial charge in [0.1, 0.15) is 5.75 Å². The molecule has 0 unspecified atom stereocenters. The van der Waals surface area contributed by atoms with E-state index < -0.39 is 0 Å². The third-order valence-electron chi connectivity index (χ3n) is 3.60. The number of anilines is 1. The van der Waals surface area contributed by atoms with Crippen LogP contribution in [-0.2, 0) is 11.2 Å². The number of nitrogens with zero attached hydrogens (tertiary/aromatic N) is 1. The van der Waals surface area contributed by atoms with Gasteiger partial charge >= 0.3 is 0 Å². The summed E-state index contributed by atoms with van der Waals surface area (Å²) in [7, 11) is 1.63. The van der Waals surface area contributed by atoms with Crippen molar-refractivity contribution in [1.82, 2.24) is 0 Å². The number of rotatable bonds is 6. The zero-order valence-corrected chi connectivity index (χ0v) is 13.5. The highest BCUT2D eigenvalue weighted by Gasteiger charge is 2.17. The number of hydrogen-bond acceptors (Lipinski definition) is 2. The first-order chi connectivity index (χ1) is 10.7. The molecule has 0 fully saturated rings. The molecule has 0 heterocycles. The van der Waals surface area contributed by atoms with Crippen LogP contribution in [0.25, 0.3) is 0 Å². The van der Waals surface area contributed by atoms with Gasteiger partial charge in [-0.1, -0.05) is 37.3 Å². The lowest BCUT2D eigenvalue weighted by molar-refractivity contribution is -0.118. The van der Waals surface area contributed by atoms with Gasteiger partial charge in [0.05, 0.1) is 13.5 Å². The van der Waals surface area contributed by atoms with E-state index in [0.717, 1.165) is 35.5 Å². The van der Waals surface area contributed by atoms with Gasteiger partial charge in [-0.3, -0.25) is 4.79 Å². The van der Waals surface area contributed by atoms with Crippen molar-refractivity contribution in [3.63, 3.8) is 0 Å². The van der Waals surface area contributed by atoms with E-state index in [9.17, 15) is 4.79 Å². The summed E-state index contributed by atoms with van der Waals surface area (Å²) in [6.07, 6.45) is 1.27. The molecule has 0 atom stereocenters. The highest BCUT2D eigenvalue weighted by Crippen LogP contribution is 2.21. The third-order valence-corrected chi connectivity index (χ3v) is 3.60. The number of aryl methyl sites for hydroxylation is 1. The van der Waals surface area contributed by atoms with Crippen LogP contribution in [0, 0.1) is 6.92 Å². The second-order valence-corrected chi connectivity index (χ2v) is 5.37. The lowest BCUT2D eigenvalue weighted by Crippen LogP contribution is -2.33. The van der Waals surface area contributed by atoms with Gasteiger partial charge in [0.2, 0.25) is 5.91 Å². The highest BCUT2D eigenvalue weighted by molar-refractivity contribution is 5.95. The number of carbonyl (C=O) groups is 1. The predicted molar refractivity (Wildman–Crippen MR) is 90.5 cm³/mol. The number of hydrogen-bond donors (Lipinski definition) is 0. The molecule has 3 nitrogen and oxygen atoms in total. The molecule has 3 heteroatoms. The monoisotopic (exact) mass is 297 g/mol. The van der Waals surface area contributed by atoms with E-state index in [1.165, 1.54) is 0 Å². The van der Waals surface area contributed by atoms with E-state index in [1.54, 1.807) is 7.11 Å². The van der Waals surface area contributed by atoms with Crippen LogP contribution in [-0.4, -0.2) is 19.6 Å². The van der Waals surface area contributed by atoms with E-state index in [0.29, 0.717) is 6.42 Å². The normalized spacial score (nSPS) is 10.3. The molecule has 0 saturated heterocycles. The Bertz CT molecular complexity index is 637. The molecule has 22 heavy (non-hydrogen) atoms. The van der Waals surface area contributed by atoms with Crippen molar-refractivity contribution >= 4 is 11.6 Å². The summed E-state index contributed by atoms with van der Waals surface area (Å²) in [5, 5.41) is 0. The minimum absolute atomic E-state index is 0.0944. The minimum atomic E-state index is 0.0944. The van der Waals surface area contributed by atoms with Crippen molar-refractivity contribution in [3.05, 3.63) is 59.7 Å². The van der Waals surface area contributed by atoms with Crippen molar-refractivity contribution in [2.75, 3.05) is 18.6 Å². The molecule has 116 valence electrons. The van der Waals surface area contributed by atoms with Crippen LogP contribution < -0.4 is 9.64 Å². The molecule has 2 aromatic carbocycles. The maximum absolute atomic E-state index is 12.8. The van der Waals surface area contributed by atoms with Gasteiger partial charge in [-0.25, -0.2) is 0 Å². The number of methoxy groups -OCH3 is 1. The van der Waals surface area contributed by atoms with E-state index in [4.69, 9.17) is 4.74 Å². The Balaban J connectivity index is 2.23. The fraction of sp³-hybridized carbons (Fsp3) is 0.316. The summed E-state index contributed by atoms with van der Waals surface area (Å²) in [5.74, 6) is 0.855. The van der Waals surface area contributed by atoms with Crippen LogP contribution in [0.3, 0.4) is 0 Å². The number of ether oxygens (including phenoxy) is 1. The van der Waals surface area contributed by atoms with Crippen molar-refractivity contribution in [2.45, 2.75) is 26.7 Å². The Kier molecular flexibility index (Phi) is 5.59. The Morgan fingerprint density at radius 3 is 2.59 bits per heavy atom. The SMILES string of the molecule is CCCN(C(=O)Cc1ccccc1OC)c1cccc(C)c1. The highest BCUT2D eigenvalue weighted by atomic mass is 16.5. The number of carbonyl (C=O) groups excluding carboxylic acids is 1. The van der Waals surface area contributed by atoms with Crippen LogP contribution >= 0.6 is 0 Å². The molecule has 0 aliphatic carbocycles. The van der Waals surface area contributed by atoms with Gasteiger partial charge in [-0.05, 0) is 37.1 Å². The van der Waals surface area contributed by atoms with E-state index >= 15 is 0 Å². The second-order valence-electron chi connectivity index (χ2n) is 5.37. The quantitative estimate of drug-likeness (QED) is 0.807. The Morgan fingerprint density at radius 1 is 1.14 bits per heavy atom. The van der Waals surface area contributed by atoms with Gasteiger partial charge in [0.25, 0.3) is 0 Å². The second kappa shape index (κ2) is 7.64. The van der Waals surface area contributed by atoms with Gasteiger partial charge in [0, 0.05) is 17.8 Å². The van der Waals surface area contributed by atoms with Crippen LogP contribution in [0.1, 0.15) is 24.5 Å². The Labute approximate surface area is 132 Å². The number of amides is 1. The summed E-state index contributed by atoms with van der Waals surface area (Å²) in [6.45, 7) is 4.84. The van der Waals surface area contributed by atoms with Gasteiger partial charge in [-0.2, -0.15) is 0 Å². The molecular weight excluding hydrogens is 274 g/mol. The molecule has 0 aromatic heterocycles. The maximum Gasteiger partial charge on any atom is 0.231 e. The molecule has 0 aliphatic heterocycles. The van der Waals surface area contributed by atoms with Gasteiger partial charge in [0.15, 0.2) is 0 Å². The number of para-hydroxylation sites is 1. The van der Waals surface area contributed by atoms with Gasteiger partial charge < -0.3 is 9.64 Å². The zero-order chi connectivity index (χ0) is 15.9. The topological polar surface area (TPSA) is 29.5 Å². The fourth-order valence-electron chi connectivity index (χ4n) is 2.52. The molecule has 0 saturated carbocycles. The minimum Gasteiger partial charge on any atom is -0.496 e. The first kappa shape index (κ1) is 16.1. The largest absolute Gasteiger partial charge is 0.496 e. The average Bonchev–Trinajstić information content (AvgIpc) is 2.53. The molecule has 0 aliphatic rings. The summed E-state index contributed by atoms with van der Waals surface area (Å²) in [6, 6.07) is 15.7. The summed E-state index contributed by atoms with van der Waals surface area (Å²) in [5.41, 5.74) is 3.04. The average molecular weight is 297 g/mol. The van der Waals surface area contributed by atoms with Crippen molar-refractivity contribution in [2.24, 2.45) is 0 Å².